The van der Waals surface area contributed by atoms with Gasteiger partial charge in [0.15, 0.2) is 5.78 Å². The molecule has 0 saturated heterocycles. The van der Waals surface area contributed by atoms with Gasteiger partial charge in [-0.1, -0.05) is 27.2 Å². The Labute approximate surface area is 172 Å². The monoisotopic (exact) mass is 404 g/mol. The van der Waals surface area contributed by atoms with Crippen molar-refractivity contribution >= 4 is 17.7 Å². The average Bonchev–Trinajstić information content (AvgIpc) is 2.62. The van der Waals surface area contributed by atoms with Crippen LogP contribution in [-0.4, -0.2) is 42.6 Å². The summed E-state index contributed by atoms with van der Waals surface area (Å²) in [6.45, 7) is 7.82. The Morgan fingerprint density at radius 3 is 2.59 bits per heavy atom. The summed E-state index contributed by atoms with van der Waals surface area (Å²) < 4.78 is 9.83. The van der Waals surface area contributed by atoms with Gasteiger partial charge in [-0.05, 0) is 59.2 Å². The highest BCUT2D eigenvalue weighted by Crippen LogP contribution is 2.65. The van der Waals surface area contributed by atoms with Crippen molar-refractivity contribution in [2.75, 3.05) is 13.7 Å². The normalized spacial score (nSPS) is 35.6. The van der Waals surface area contributed by atoms with Gasteiger partial charge in [-0.2, -0.15) is 0 Å². The lowest BCUT2D eigenvalue weighted by Gasteiger charge is -2.63. The maximum absolute atomic E-state index is 13.0. The molecule has 3 aliphatic rings. The van der Waals surface area contributed by atoms with Crippen molar-refractivity contribution in [3.05, 3.63) is 23.3 Å². The van der Waals surface area contributed by atoms with E-state index in [2.05, 4.69) is 20.8 Å². The van der Waals surface area contributed by atoms with Crippen molar-refractivity contribution in [1.82, 2.24) is 0 Å². The van der Waals surface area contributed by atoms with Gasteiger partial charge in [-0.15, -0.1) is 0 Å². The Hall–Kier alpha value is -1.95. The zero-order valence-corrected chi connectivity index (χ0v) is 18.0. The summed E-state index contributed by atoms with van der Waals surface area (Å²) in [5, 5.41) is 10.8. The minimum Gasteiger partial charge on any atom is -0.466 e. The molecule has 0 bridgehead atoms. The molecule has 2 fully saturated rings. The topological polar surface area (TPSA) is 89.9 Å². The first-order valence-corrected chi connectivity index (χ1v) is 10.4. The number of fused-ring (bicyclic) bond motifs is 3. The van der Waals surface area contributed by atoms with Gasteiger partial charge in [0.2, 0.25) is 0 Å². The molecular formula is C23H32O6. The molecule has 160 valence electrons. The number of hydrogen-bond donors (Lipinski definition) is 1. The van der Waals surface area contributed by atoms with Crippen LogP contribution < -0.4 is 0 Å². The molecular weight excluding hydrogens is 372 g/mol. The van der Waals surface area contributed by atoms with Gasteiger partial charge < -0.3 is 14.6 Å². The molecule has 0 heterocycles. The van der Waals surface area contributed by atoms with Crippen LogP contribution in [-0.2, 0) is 23.9 Å². The molecule has 3 rings (SSSR count). The molecule has 6 nitrogen and oxygen atoms in total. The van der Waals surface area contributed by atoms with Gasteiger partial charge in [0.1, 0.15) is 6.61 Å². The molecule has 0 unspecified atom stereocenters. The first kappa shape index (κ1) is 21.8. The van der Waals surface area contributed by atoms with E-state index in [1.165, 1.54) is 20.1 Å². The second-order valence-corrected chi connectivity index (χ2v) is 9.72. The van der Waals surface area contributed by atoms with Crippen LogP contribution in [0.15, 0.2) is 23.3 Å². The summed E-state index contributed by atoms with van der Waals surface area (Å²) in [5.74, 6) is -0.932. The van der Waals surface area contributed by atoms with Crippen molar-refractivity contribution < 1.29 is 29.0 Å². The van der Waals surface area contributed by atoms with Crippen LogP contribution in [0, 0.1) is 28.6 Å². The molecule has 29 heavy (non-hydrogen) atoms. The second kappa shape index (κ2) is 7.71. The highest BCUT2D eigenvalue weighted by molar-refractivity contribution is 5.95. The smallest absolute Gasteiger partial charge is 0.330 e. The number of hydrogen-bond acceptors (Lipinski definition) is 6. The van der Waals surface area contributed by atoms with Crippen LogP contribution in [0.2, 0.25) is 0 Å². The summed E-state index contributed by atoms with van der Waals surface area (Å²) in [7, 11) is 1.30. The van der Waals surface area contributed by atoms with Crippen LogP contribution in [0.5, 0.6) is 0 Å². The third kappa shape index (κ3) is 3.79. The van der Waals surface area contributed by atoms with E-state index < -0.39 is 18.0 Å². The molecule has 3 aliphatic carbocycles. The molecule has 0 aromatic heterocycles. The maximum Gasteiger partial charge on any atom is 0.330 e. The lowest BCUT2D eigenvalue weighted by Crippen LogP contribution is -2.62. The Balaban J connectivity index is 1.90. The van der Waals surface area contributed by atoms with E-state index >= 15 is 0 Å². The predicted octanol–water partition coefficient (Wildman–Crippen LogP) is 2.99. The lowest BCUT2D eigenvalue weighted by atomic mass is 9.41. The highest BCUT2D eigenvalue weighted by atomic mass is 16.5. The Morgan fingerprint density at radius 2 is 1.97 bits per heavy atom. The fourth-order valence-electron chi connectivity index (χ4n) is 6.30. The molecule has 0 radical (unpaired) electrons. The summed E-state index contributed by atoms with van der Waals surface area (Å²) in [6.07, 6.45) is 5.72. The highest BCUT2D eigenvalue weighted by Gasteiger charge is 2.63. The molecule has 1 N–H and O–H groups in total. The number of ether oxygens (including phenoxy) is 2. The predicted molar refractivity (Wildman–Crippen MR) is 107 cm³/mol. The van der Waals surface area contributed by atoms with Crippen LogP contribution in [0.4, 0.5) is 0 Å². The van der Waals surface area contributed by atoms with E-state index in [-0.39, 0.29) is 41.0 Å². The lowest BCUT2D eigenvalue weighted by molar-refractivity contribution is -0.150. The SMILES string of the molecule is COC(=O)/C=C(/COC(C)=O)C[C@H]1[C@H](O)C2=CC(=O)[C@@H]3C(C)(C)CCC[C@@]3(C)[C@@H]21. The summed E-state index contributed by atoms with van der Waals surface area (Å²) in [4.78, 5) is 36.0. The van der Waals surface area contributed by atoms with E-state index in [4.69, 9.17) is 9.47 Å². The van der Waals surface area contributed by atoms with E-state index in [1.807, 2.05) is 0 Å². The van der Waals surface area contributed by atoms with Crippen LogP contribution in [0.1, 0.15) is 53.4 Å². The fourth-order valence-corrected chi connectivity index (χ4v) is 6.30. The quantitative estimate of drug-likeness (QED) is 0.560. The van der Waals surface area contributed by atoms with E-state index in [9.17, 15) is 19.5 Å². The van der Waals surface area contributed by atoms with Crippen LogP contribution >= 0.6 is 0 Å². The van der Waals surface area contributed by atoms with Crippen molar-refractivity contribution in [2.24, 2.45) is 28.6 Å². The molecule has 0 spiro atoms. The Morgan fingerprint density at radius 1 is 1.28 bits per heavy atom. The minimum atomic E-state index is -0.717. The summed E-state index contributed by atoms with van der Waals surface area (Å²) in [6, 6.07) is 0. The van der Waals surface area contributed by atoms with E-state index in [1.54, 1.807) is 6.08 Å². The fraction of sp³-hybridized carbons (Fsp3) is 0.696. The van der Waals surface area contributed by atoms with Gasteiger partial charge in [0.25, 0.3) is 0 Å². The van der Waals surface area contributed by atoms with Gasteiger partial charge in [0.05, 0.1) is 13.2 Å². The molecule has 5 atom stereocenters. The number of carbonyl (C=O) groups is 3. The first-order chi connectivity index (χ1) is 13.5. The van der Waals surface area contributed by atoms with Gasteiger partial charge in [-0.3, -0.25) is 9.59 Å². The molecule has 0 aromatic rings. The molecule has 0 aliphatic heterocycles. The zero-order chi connectivity index (χ0) is 21.6. The number of aliphatic hydroxyl groups is 1. The summed E-state index contributed by atoms with van der Waals surface area (Å²) in [5.41, 5.74) is 1.13. The van der Waals surface area contributed by atoms with E-state index in [0.29, 0.717) is 12.0 Å². The van der Waals surface area contributed by atoms with Crippen molar-refractivity contribution in [3.63, 3.8) is 0 Å². The Kier molecular flexibility index (Phi) is 5.78. The summed E-state index contributed by atoms with van der Waals surface area (Å²) >= 11 is 0. The number of aliphatic hydroxyl groups excluding tert-OH is 1. The van der Waals surface area contributed by atoms with Crippen LogP contribution in [0.25, 0.3) is 0 Å². The Bertz CT molecular complexity index is 776. The third-order valence-corrected chi connectivity index (χ3v) is 7.30. The average molecular weight is 405 g/mol. The van der Waals surface area contributed by atoms with Crippen LogP contribution in [0.3, 0.4) is 0 Å². The molecule has 2 saturated carbocycles. The number of carbonyl (C=O) groups excluding carboxylic acids is 3. The third-order valence-electron chi connectivity index (χ3n) is 7.30. The number of allylic oxidation sites excluding steroid dienone is 1. The second-order valence-electron chi connectivity index (χ2n) is 9.72. The maximum atomic E-state index is 13.0. The molecule has 6 heteroatoms. The van der Waals surface area contributed by atoms with Gasteiger partial charge >= 0.3 is 11.9 Å². The van der Waals surface area contributed by atoms with Crippen molar-refractivity contribution in [2.45, 2.75) is 59.5 Å². The van der Waals surface area contributed by atoms with E-state index in [0.717, 1.165) is 24.8 Å². The standard InChI is InChI=1S/C23H32O6/c1-13(24)29-12-14(10-18(26)28-5)9-15-19-16(20(15)27)11-17(25)21-22(2,3)7-6-8-23(19,21)4/h10-11,15,19-21,27H,6-9,12H2,1-5H3/b14-10+/t15-,19-,20+,21-,23+/m1/s1. The van der Waals surface area contributed by atoms with Gasteiger partial charge in [0, 0.05) is 18.9 Å². The molecule has 0 amide bonds. The van der Waals surface area contributed by atoms with Crippen molar-refractivity contribution in [3.8, 4) is 0 Å². The first-order valence-electron chi connectivity index (χ1n) is 10.4. The number of ketones is 1. The largest absolute Gasteiger partial charge is 0.466 e. The number of rotatable bonds is 5. The minimum absolute atomic E-state index is 0.00993. The number of esters is 2. The zero-order valence-electron chi connectivity index (χ0n) is 18.0. The molecule has 0 aromatic carbocycles. The van der Waals surface area contributed by atoms with Crippen molar-refractivity contribution in [1.29, 1.82) is 0 Å². The number of methoxy groups -OCH3 is 1. The van der Waals surface area contributed by atoms with Gasteiger partial charge in [-0.25, -0.2) is 4.79 Å².